The first-order chi connectivity index (χ1) is 9.04. The van der Waals surface area contributed by atoms with Crippen LogP contribution in [0.5, 0.6) is 5.75 Å². The number of benzene rings is 1. The molecular weight excluding hydrogens is 241 g/mol. The highest BCUT2D eigenvalue weighted by Gasteiger charge is 2.35. The fourth-order valence-electron chi connectivity index (χ4n) is 2.86. The monoisotopic (exact) mass is 265 g/mol. The van der Waals surface area contributed by atoms with Crippen molar-refractivity contribution in [2.45, 2.75) is 64.0 Å². The van der Waals surface area contributed by atoms with E-state index in [2.05, 4.69) is 13.8 Å². The van der Waals surface area contributed by atoms with Crippen molar-refractivity contribution >= 4 is 0 Å². The molecule has 3 heteroatoms. The molecule has 2 nitrogen and oxygen atoms in total. The van der Waals surface area contributed by atoms with E-state index in [4.69, 9.17) is 10.5 Å². The minimum Gasteiger partial charge on any atom is -0.487 e. The highest BCUT2D eigenvalue weighted by atomic mass is 19.1. The molecule has 1 aromatic carbocycles. The second kappa shape index (κ2) is 5.91. The third-order valence-electron chi connectivity index (χ3n) is 3.94. The van der Waals surface area contributed by atoms with Gasteiger partial charge in [-0.05, 0) is 38.0 Å². The summed E-state index contributed by atoms with van der Waals surface area (Å²) in [6.45, 7) is 4.32. The van der Waals surface area contributed by atoms with Crippen molar-refractivity contribution in [2.75, 3.05) is 0 Å². The van der Waals surface area contributed by atoms with Crippen LogP contribution < -0.4 is 10.5 Å². The molecule has 0 saturated heterocycles. The Balaban J connectivity index is 2.04. The molecular formula is C16H24FNO. The van der Waals surface area contributed by atoms with E-state index < -0.39 is 0 Å². The maximum absolute atomic E-state index is 13.2. The Labute approximate surface area is 115 Å². The predicted molar refractivity (Wildman–Crippen MR) is 75.7 cm³/mol. The van der Waals surface area contributed by atoms with E-state index in [0.29, 0.717) is 0 Å². The molecule has 2 unspecified atom stereocenters. The first kappa shape index (κ1) is 14.3. The minimum atomic E-state index is -0.246. The van der Waals surface area contributed by atoms with Crippen LogP contribution in [0, 0.1) is 5.82 Å². The zero-order chi connectivity index (χ0) is 13.9. The summed E-state index contributed by atoms with van der Waals surface area (Å²) in [5.74, 6) is 0.502. The summed E-state index contributed by atoms with van der Waals surface area (Å²) in [6, 6.07) is 4.51. The highest BCUT2D eigenvalue weighted by Crippen LogP contribution is 2.40. The van der Waals surface area contributed by atoms with Crippen LogP contribution >= 0.6 is 0 Å². The van der Waals surface area contributed by atoms with Gasteiger partial charge in [0, 0.05) is 18.0 Å². The van der Waals surface area contributed by atoms with Gasteiger partial charge in [0.2, 0.25) is 0 Å². The fraction of sp³-hybridized carbons (Fsp3) is 0.625. The molecule has 2 N–H and O–H groups in total. The van der Waals surface area contributed by atoms with Gasteiger partial charge < -0.3 is 10.5 Å². The molecule has 0 fully saturated rings. The van der Waals surface area contributed by atoms with Crippen LogP contribution in [0.4, 0.5) is 4.39 Å². The van der Waals surface area contributed by atoms with Gasteiger partial charge in [0.15, 0.2) is 0 Å². The number of nitrogens with two attached hydrogens (primary N) is 1. The van der Waals surface area contributed by atoms with Crippen LogP contribution in [-0.2, 0) is 0 Å². The molecule has 0 aromatic heterocycles. The lowest BCUT2D eigenvalue weighted by Gasteiger charge is -2.39. The summed E-state index contributed by atoms with van der Waals surface area (Å²) < 4.78 is 19.3. The number of halogens is 1. The van der Waals surface area contributed by atoms with E-state index in [0.717, 1.165) is 30.6 Å². The maximum Gasteiger partial charge on any atom is 0.125 e. The van der Waals surface area contributed by atoms with E-state index in [1.54, 1.807) is 6.07 Å². The molecule has 1 aromatic rings. The molecule has 19 heavy (non-hydrogen) atoms. The van der Waals surface area contributed by atoms with Crippen LogP contribution in [0.1, 0.15) is 64.0 Å². The molecule has 1 heterocycles. The van der Waals surface area contributed by atoms with Crippen LogP contribution in [0.3, 0.4) is 0 Å². The molecule has 0 amide bonds. The molecule has 2 rings (SSSR count). The molecule has 0 saturated carbocycles. The van der Waals surface area contributed by atoms with E-state index in [9.17, 15) is 4.39 Å². The van der Waals surface area contributed by atoms with E-state index in [-0.39, 0.29) is 17.5 Å². The van der Waals surface area contributed by atoms with Crippen LogP contribution in [0.15, 0.2) is 18.2 Å². The lowest BCUT2D eigenvalue weighted by molar-refractivity contribution is 0.0428. The average molecular weight is 265 g/mol. The topological polar surface area (TPSA) is 35.2 Å². The van der Waals surface area contributed by atoms with Crippen molar-refractivity contribution in [1.29, 1.82) is 0 Å². The van der Waals surface area contributed by atoms with Gasteiger partial charge in [-0.1, -0.05) is 26.2 Å². The van der Waals surface area contributed by atoms with E-state index in [1.165, 1.54) is 31.4 Å². The molecule has 1 aliphatic heterocycles. The van der Waals surface area contributed by atoms with E-state index >= 15 is 0 Å². The number of rotatable bonds is 5. The molecule has 0 radical (unpaired) electrons. The standard InChI is InChI=1S/C16H24FNO/c1-3-4-5-6-9-16(2)11-14(18)13-10-12(17)7-8-15(13)19-16/h7-8,10,14H,3-6,9,11,18H2,1-2H3. The molecule has 0 aliphatic carbocycles. The lowest BCUT2D eigenvalue weighted by Crippen LogP contribution is -2.40. The van der Waals surface area contributed by atoms with Crippen molar-refractivity contribution in [3.8, 4) is 5.75 Å². The summed E-state index contributed by atoms with van der Waals surface area (Å²) >= 11 is 0. The fourth-order valence-corrected chi connectivity index (χ4v) is 2.86. The number of ether oxygens (including phenoxy) is 1. The van der Waals surface area contributed by atoms with Crippen molar-refractivity contribution in [3.63, 3.8) is 0 Å². The Morgan fingerprint density at radius 3 is 2.89 bits per heavy atom. The zero-order valence-corrected chi connectivity index (χ0v) is 11.9. The van der Waals surface area contributed by atoms with Gasteiger partial charge in [-0.25, -0.2) is 4.39 Å². The Kier molecular flexibility index (Phi) is 4.46. The summed E-state index contributed by atoms with van der Waals surface area (Å²) in [5.41, 5.74) is 6.76. The normalized spacial score (nSPS) is 25.8. The van der Waals surface area contributed by atoms with Crippen molar-refractivity contribution in [1.82, 2.24) is 0 Å². The number of unbranched alkanes of at least 4 members (excludes halogenated alkanes) is 3. The van der Waals surface area contributed by atoms with Gasteiger partial charge in [0.05, 0.1) is 0 Å². The minimum absolute atomic E-state index is 0.129. The zero-order valence-electron chi connectivity index (χ0n) is 11.9. The van der Waals surface area contributed by atoms with Crippen molar-refractivity contribution in [3.05, 3.63) is 29.6 Å². The lowest BCUT2D eigenvalue weighted by atomic mass is 9.85. The Bertz CT molecular complexity index is 435. The maximum atomic E-state index is 13.2. The molecule has 1 aliphatic rings. The second-order valence-electron chi connectivity index (χ2n) is 5.86. The molecule has 2 atom stereocenters. The Morgan fingerprint density at radius 1 is 1.37 bits per heavy atom. The molecule has 0 spiro atoms. The van der Waals surface area contributed by atoms with Crippen molar-refractivity contribution < 1.29 is 9.13 Å². The highest BCUT2D eigenvalue weighted by molar-refractivity contribution is 5.39. The van der Waals surface area contributed by atoms with Gasteiger partial charge in [-0.3, -0.25) is 0 Å². The summed E-state index contributed by atoms with van der Waals surface area (Å²) in [6.07, 6.45) is 6.67. The van der Waals surface area contributed by atoms with E-state index in [1.807, 2.05) is 0 Å². The number of hydrogen-bond acceptors (Lipinski definition) is 2. The van der Waals surface area contributed by atoms with Gasteiger partial charge in [-0.2, -0.15) is 0 Å². The average Bonchev–Trinajstić information content (AvgIpc) is 2.36. The second-order valence-corrected chi connectivity index (χ2v) is 5.86. The first-order valence-corrected chi connectivity index (χ1v) is 7.28. The first-order valence-electron chi connectivity index (χ1n) is 7.28. The quantitative estimate of drug-likeness (QED) is 0.804. The number of hydrogen-bond donors (Lipinski definition) is 1. The molecule has 0 bridgehead atoms. The van der Waals surface area contributed by atoms with Crippen LogP contribution in [-0.4, -0.2) is 5.60 Å². The predicted octanol–water partition coefficient (Wildman–Crippen LogP) is 4.34. The summed E-state index contributed by atoms with van der Waals surface area (Å²) in [5, 5.41) is 0. The van der Waals surface area contributed by atoms with Gasteiger partial charge >= 0.3 is 0 Å². The van der Waals surface area contributed by atoms with Gasteiger partial charge in [0.25, 0.3) is 0 Å². The van der Waals surface area contributed by atoms with Crippen LogP contribution in [0.2, 0.25) is 0 Å². The Morgan fingerprint density at radius 2 is 2.16 bits per heavy atom. The van der Waals surface area contributed by atoms with Crippen LogP contribution in [0.25, 0.3) is 0 Å². The van der Waals surface area contributed by atoms with Gasteiger partial charge in [-0.15, -0.1) is 0 Å². The van der Waals surface area contributed by atoms with Gasteiger partial charge in [0.1, 0.15) is 17.2 Å². The third kappa shape index (κ3) is 3.47. The summed E-state index contributed by atoms with van der Waals surface area (Å²) in [4.78, 5) is 0. The smallest absolute Gasteiger partial charge is 0.125 e. The largest absolute Gasteiger partial charge is 0.487 e. The molecule has 106 valence electrons. The SMILES string of the molecule is CCCCCCC1(C)CC(N)c2cc(F)ccc2O1. The summed E-state index contributed by atoms with van der Waals surface area (Å²) in [7, 11) is 0. The third-order valence-corrected chi connectivity index (χ3v) is 3.94. The Hall–Kier alpha value is -1.09. The van der Waals surface area contributed by atoms with Crippen molar-refractivity contribution in [2.24, 2.45) is 5.73 Å². The number of fused-ring (bicyclic) bond motifs is 1.